The second-order valence-corrected chi connectivity index (χ2v) is 7.55. The number of nitrogens with zero attached hydrogens (tertiary/aromatic N) is 1. The second-order valence-electron chi connectivity index (χ2n) is 7.55. The van der Waals surface area contributed by atoms with Crippen LogP contribution in [0.1, 0.15) is 107 Å². The molecule has 0 saturated carbocycles. The molecule has 0 N–H and O–H groups in total. The number of aldehydes is 1. The Hall–Kier alpha value is -1.91. The van der Waals surface area contributed by atoms with Crippen molar-refractivity contribution in [3.05, 3.63) is 33.9 Å². The number of hydrogen-bond acceptors (Lipinski definition) is 4. The zero-order valence-corrected chi connectivity index (χ0v) is 17.5. The van der Waals surface area contributed by atoms with E-state index < -0.39 is 4.92 Å². The minimum atomic E-state index is -0.506. The van der Waals surface area contributed by atoms with Gasteiger partial charge < -0.3 is 4.74 Å². The van der Waals surface area contributed by atoms with Gasteiger partial charge in [0.25, 0.3) is 0 Å². The predicted molar refractivity (Wildman–Crippen MR) is 114 cm³/mol. The third kappa shape index (κ3) is 11.1. The van der Waals surface area contributed by atoms with Crippen molar-refractivity contribution in [3.8, 4) is 5.75 Å². The second kappa shape index (κ2) is 16.1. The number of benzene rings is 1. The summed E-state index contributed by atoms with van der Waals surface area (Å²) in [5, 5.41) is 11.1. The van der Waals surface area contributed by atoms with E-state index in [-0.39, 0.29) is 17.0 Å². The van der Waals surface area contributed by atoms with Crippen molar-refractivity contribution in [3.63, 3.8) is 0 Å². The van der Waals surface area contributed by atoms with Gasteiger partial charge in [0, 0.05) is 11.6 Å². The largest absolute Gasteiger partial charge is 0.487 e. The molecule has 0 aliphatic carbocycles. The van der Waals surface area contributed by atoms with Crippen LogP contribution in [0.5, 0.6) is 5.75 Å². The molecule has 0 spiro atoms. The Morgan fingerprint density at radius 2 is 1.36 bits per heavy atom. The van der Waals surface area contributed by atoms with E-state index in [0.717, 1.165) is 12.8 Å². The standard InChI is InChI=1S/C23H37NO4/c1-2-3-4-5-6-7-8-9-10-11-12-13-14-15-18-28-23-17-16-21(20-25)19-22(23)24(26)27/h16-17,19-20H,2-15,18H2,1H3. The van der Waals surface area contributed by atoms with Crippen LogP contribution < -0.4 is 4.74 Å². The van der Waals surface area contributed by atoms with Crippen LogP contribution >= 0.6 is 0 Å². The number of nitro groups is 1. The molecule has 5 heteroatoms. The summed E-state index contributed by atoms with van der Waals surface area (Å²) < 4.78 is 5.55. The molecule has 1 aromatic carbocycles. The zero-order chi connectivity index (χ0) is 20.5. The van der Waals surface area contributed by atoms with Crippen molar-refractivity contribution in [2.45, 2.75) is 96.8 Å². The lowest BCUT2D eigenvalue weighted by atomic mass is 10.0. The summed E-state index contributed by atoms with van der Waals surface area (Å²) in [5.41, 5.74) is 0.144. The van der Waals surface area contributed by atoms with E-state index in [2.05, 4.69) is 6.92 Å². The highest BCUT2D eigenvalue weighted by atomic mass is 16.6. The molecule has 0 aliphatic rings. The number of ether oxygens (including phenoxy) is 1. The number of rotatable bonds is 18. The van der Waals surface area contributed by atoms with Gasteiger partial charge in [0.1, 0.15) is 6.29 Å². The SMILES string of the molecule is CCCCCCCCCCCCCCCCOc1ccc(C=O)cc1[N+](=O)[O-]. The zero-order valence-electron chi connectivity index (χ0n) is 17.5. The van der Waals surface area contributed by atoms with Crippen molar-refractivity contribution >= 4 is 12.0 Å². The van der Waals surface area contributed by atoms with E-state index in [9.17, 15) is 14.9 Å². The fourth-order valence-corrected chi connectivity index (χ4v) is 3.35. The highest BCUT2D eigenvalue weighted by Gasteiger charge is 2.15. The molecule has 0 heterocycles. The Kier molecular flexibility index (Phi) is 13.9. The quantitative estimate of drug-likeness (QED) is 0.114. The first-order valence-corrected chi connectivity index (χ1v) is 11.1. The topological polar surface area (TPSA) is 69.4 Å². The molecule has 0 radical (unpaired) electrons. The molecule has 0 aromatic heterocycles. The normalized spacial score (nSPS) is 10.8. The molecule has 28 heavy (non-hydrogen) atoms. The van der Waals surface area contributed by atoms with Gasteiger partial charge >= 0.3 is 5.69 Å². The van der Waals surface area contributed by atoms with Crippen LogP contribution in [0, 0.1) is 10.1 Å². The van der Waals surface area contributed by atoms with Gasteiger partial charge in [0.2, 0.25) is 0 Å². The van der Waals surface area contributed by atoms with Crippen molar-refractivity contribution in [1.82, 2.24) is 0 Å². The third-order valence-electron chi connectivity index (χ3n) is 5.07. The fraction of sp³-hybridized carbons (Fsp3) is 0.696. The van der Waals surface area contributed by atoms with Gasteiger partial charge in [-0.25, -0.2) is 0 Å². The van der Waals surface area contributed by atoms with Gasteiger partial charge in [-0.2, -0.15) is 0 Å². The maximum Gasteiger partial charge on any atom is 0.311 e. The van der Waals surface area contributed by atoms with Gasteiger partial charge in [0.15, 0.2) is 5.75 Å². The maximum atomic E-state index is 11.1. The lowest BCUT2D eigenvalue weighted by Gasteiger charge is -2.07. The van der Waals surface area contributed by atoms with E-state index in [1.807, 2.05) is 0 Å². The summed E-state index contributed by atoms with van der Waals surface area (Å²) in [6.45, 7) is 2.73. The van der Waals surface area contributed by atoms with Crippen LogP contribution in [-0.4, -0.2) is 17.8 Å². The number of carbonyl (C=O) groups excluding carboxylic acids is 1. The van der Waals surface area contributed by atoms with Gasteiger partial charge in [-0.3, -0.25) is 14.9 Å². The minimum Gasteiger partial charge on any atom is -0.487 e. The maximum absolute atomic E-state index is 11.1. The molecule has 0 saturated heterocycles. The minimum absolute atomic E-state index is 0.144. The Labute approximate surface area is 170 Å². The molecule has 0 bridgehead atoms. The summed E-state index contributed by atoms with van der Waals surface area (Å²) in [7, 11) is 0. The molecule has 1 rings (SSSR count). The van der Waals surface area contributed by atoms with Gasteiger partial charge in [-0.15, -0.1) is 0 Å². The lowest BCUT2D eigenvalue weighted by molar-refractivity contribution is -0.385. The summed E-state index contributed by atoms with van der Waals surface area (Å²) in [4.78, 5) is 21.3. The summed E-state index contributed by atoms with van der Waals surface area (Å²) in [6, 6.07) is 4.31. The van der Waals surface area contributed by atoms with E-state index in [1.54, 1.807) is 6.07 Å². The van der Waals surface area contributed by atoms with E-state index in [1.165, 1.54) is 89.2 Å². The number of hydrogen-bond donors (Lipinski definition) is 0. The Bertz CT molecular complexity index is 560. The Balaban J connectivity index is 1.98. The van der Waals surface area contributed by atoms with Crippen LogP contribution in [-0.2, 0) is 0 Å². The van der Waals surface area contributed by atoms with Crippen molar-refractivity contribution < 1.29 is 14.5 Å². The molecule has 0 atom stereocenters. The molecule has 1 aromatic rings. The first kappa shape index (κ1) is 24.1. The van der Waals surface area contributed by atoms with Crippen LogP contribution in [0.2, 0.25) is 0 Å². The average molecular weight is 392 g/mol. The number of carbonyl (C=O) groups is 1. The molecule has 5 nitrogen and oxygen atoms in total. The van der Waals surface area contributed by atoms with Crippen molar-refractivity contribution in [2.24, 2.45) is 0 Å². The molecule has 0 fully saturated rings. The van der Waals surface area contributed by atoms with Crippen LogP contribution in [0.15, 0.2) is 18.2 Å². The third-order valence-corrected chi connectivity index (χ3v) is 5.07. The Morgan fingerprint density at radius 3 is 1.82 bits per heavy atom. The van der Waals surface area contributed by atoms with E-state index in [4.69, 9.17) is 4.74 Å². The smallest absolute Gasteiger partial charge is 0.311 e. The first-order valence-electron chi connectivity index (χ1n) is 11.1. The fourth-order valence-electron chi connectivity index (χ4n) is 3.35. The summed E-state index contributed by atoms with van der Waals surface area (Å²) in [6.07, 6.45) is 18.7. The van der Waals surface area contributed by atoms with Crippen LogP contribution in [0.3, 0.4) is 0 Å². The summed E-state index contributed by atoms with van der Waals surface area (Å²) >= 11 is 0. The molecule has 0 unspecified atom stereocenters. The van der Waals surface area contributed by atoms with Gasteiger partial charge in [-0.05, 0) is 18.6 Å². The van der Waals surface area contributed by atoms with Crippen LogP contribution in [0.4, 0.5) is 5.69 Å². The molecular formula is C23H37NO4. The predicted octanol–water partition coefficient (Wildman–Crippen LogP) is 7.27. The van der Waals surface area contributed by atoms with E-state index >= 15 is 0 Å². The summed E-state index contributed by atoms with van der Waals surface area (Å²) in [5.74, 6) is 0.241. The first-order chi connectivity index (χ1) is 13.7. The Morgan fingerprint density at radius 1 is 0.857 bits per heavy atom. The number of nitro benzene ring substituents is 1. The van der Waals surface area contributed by atoms with Crippen molar-refractivity contribution in [2.75, 3.05) is 6.61 Å². The molecule has 0 amide bonds. The average Bonchev–Trinajstić information content (AvgIpc) is 2.70. The monoisotopic (exact) mass is 391 g/mol. The molecule has 158 valence electrons. The lowest BCUT2D eigenvalue weighted by Crippen LogP contribution is -2.01. The van der Waals surface area contributed by atoms with Gasteiger partial charge in [-0.1, -0.05) is 90.4 Å². The highest BCUT2D eigenvalue weighted by molar-refractivity contribution is 5.77. The highest BCUT2D eigenvalue weighted by Crippen LogP contribution is 2.27. The van der Waals surface area contributed by atoms with Crippen molar-refractivity contribution in [1.29, 1.82) is 0 Å². The van der Waals surface area contributed by atoms with Gasteiger partial charge in [0.05, 0.1) is 11.5 Å². The number of unbranched alkanes of at least 4 members (excludes halogenated alkanes) is 13. The molecular weight excluding hydrogens is 354 g/mol. The molecule has 0 aliphatic heterocycles. The van der Waals surface area contributed by atoms with Crippen LogP contribution in [0.25, 0.3) is 0 Å². The van der Waals surface area contributed by atoms with E-state index in [0.29, 0.717) is 12.9 Å².